The summed E-state index contributed by atoms with van der Waals surface area (Å²) in [6, 6.07) is 0. The van der Waals surface area contributed by atoms with E-state index in [1.54, 1.807) is 0 Å². The Morgan fingerprint density at radius 3 is 0.635 bits per heavy atom. The normalized spacial score (nSPS) is 10.9. The van der Waals surface area contributed by atoms with Crippen LogP contribution in [0.1, 0.15) is 345 Å². The zero-order chi connectivity index (χ0) is 53.0. The predicted molar refractivity (Wildman–Crippen MR) is 311 cm³/mol. The van der Waals surface area contributed by atoms with Crippen molar-refractivity contribution < 1.29 is 0 Å². The highest BCUT2D eigenvalue weighted by molar-refractivity contribution is 4.62. The number of hydrogen-bond acceptors (Lipinski definition) is 0. The highest BCUT2D eigenvalue weighted by Crippen LogP contribution is 2.23. The summed E-state index contributed by atoms with van der Waals surface area (Å²) in [7, 11) is 0. The molecule has 0 aliphatic rings. The largest absolute Gasteiger partial charge is 0.0654 e. The maximum Gasteiger partial charge on any atom is -0.0380 e. The molecule has 0 aromatic heterocycles. The van der Waals surface area contributed by atoms with Gasteiger partial charge in [0.1, 0.15) is 0 Å². The summed E-state index contributed by atoms with van der Waals surface area (Å²) < 4.78 is 0. The van der Waals surface area contributed by atoms with Crippen LogP contribution in [0.25, 0.3) is 0 Å². The van der Waals surface area contributed by atoms with E-state index in [2.05, 4.69) is 242 Å². The summed E-state index contributed by atoms with van der Waals surface area (Å²) in [5.41, 5.74) is 1.61. The summed E-state index contributed by atoms with van der Waals surface area (Å²) in [4.78, 5) is 0. The van der Waals surface area contributed by atoms with Gasteiger partial charge in [0.05, 0.1) is 0 Å². The minimum Gasteiger partial charge on any atom is -0.0654 e. The average molecular weight is 904 g/mol. The Hall–Kier alpha value is 0. The maximum absolute atomic E-state index is 2.28. The van der Waals surface area contributed by atoms with Crippen LogP contribution in [0.2, 0.25) is 0 Å². The first-order valence-corrected chi connectivity index (χ1v) is 28.4. The lowest BCUT2D eigenvalue weighted by Gasteiger charge is -2.19. The van der Waals surface area contributed by atoms with Gasteiger partial charge in [0.2, 0.25) is 0 Å². The molecule has 0 unspecified atom stereocenters. The molecule has 0 N–H and O–H groups in total. The van der Waals surface area contributed by atoms with Crippen LogP contribution in [0.3, 0.4) is 0 Å². The summed E-state index contributed by atoms with van der Waals surface area (Å²) >= 11 is 0. The molecule has 63 heavy (non-hydrogen) atoms. The molecule has 0 saturated heterocycles. The second-order valence-corrected chi connectivity index (χ2v) is 25.2. The molecule has 0 aromatic carbocycles. The van der Waals surface area contributed by atoms with Crippen LogP contribution in [-0.2, 0) is 0 Å². The number of hydrogen-bond donors (Lipinski definition) is 0. The van der Waals surface area contributed by atoms with E-state index in [0.717, 1.165) is 53.3 Å². The van der Waals surface area contributed by atoms with Crippen LogP contribution in [0, 0.1) is 69.5 Å². The van der Waals surface area contributed by atoms with Gasteiger partial charge in [-0.3, -0.25) is 0 Å². The summed E-state index contributed by atoms with van der Waals surface area (Å²) in [5.74, 6) is 8.00. The van der Waals surface area contributed by atoms with Crippen LogP contribution in [0.4, 0.5) is 0 Å². The molecule has 0 saturated carbocycles. The lowest BCUT2D eigenvalue weighted by Crippen LogP contribution is -2.08. The Morgan fingerprint density at radius 2 is 0.635 bits per heavy atom. The first kappa shape index (κ1) is 86.2. The molecule has 398 valence electrons. The van der Waals surface area contributed by atoms with E-state index in [-0.39, 0.29) is 0 Å². The molecule has 0 heteroatoms. The minimum absolute atomic E-state index is 0.522. The molecule has 0 aliphatic heterocycles. The Kier molecular flexibility index (Phi) is 84.8. The number of unbranched alkanes of at least 4 members (excludes halogenated alkanes) is 2. The highest BCUT2D eigenvalue weighted by atomic mass is 14.2. The van der Waals surface area contributed by atoms with Gasteiger partial charge < -0.3 is 0 Å². The van der Waals surface area contributed by atoms with Gasteiger partial charge in [0.15, 0.2) is 0 Å². The first-order valence-electron chi connectivity index (χ1n) is 28.4. The molecule has 0 nitrogen and oxygen atoms in total. The highest BCUT2D eigenvalue weighted by Gasteiger charge is 2.11. The fraction of sp³-hybridized carbons (Fsp3) is 1.00. The van der Waals surface area contributed by atoms with E-state index in [4.69, 9.17) is 0 Å². The van der Waals surface area contributed by atoms with Gasteiger partial charge in [-0.25, -0.2) is 0 Å². The van der Waals surface area contributed by atoms with Crippen LogP contribution in [0.15, 0.2) is 0 Å². The van der Waals surface area contributed by atoms with Crippen LogP contribution < -0.4 is 0 Å². The molecule has 0 radical (unpaired) electrons. The van der Waals surface area contributed by atoms with E-state index in [1.807, 2.05) is 0 Å². The van der Waals surface area contributed by atoms with Crippen LogP contribution >= 0.6 is 0 Å². The van der Waals surface area contributed by atoms with Crippen molar-refractivity contribution >= 4 is 0 Å². The quantitative estimate of drug-likeness (QED) is 0.154. The Labute approximate surface area is 412 Å². The van der Waals surface area contributed by atoms with Gasteiger partial charge in [-0.15, -0.1) is 0 Å². The second-order valence-electron chi connectivity index (χ2n) is 25.2. The van der Waals surface area contributed by atoms with Crippen molar-refractivity contribution in [2.24, 2.45) is 69.5 Å². The molecule has 0 bridgehead atoms. The zero-order valence-electron chi connectivity index (χ0n) is 53.0. The van der Waals surface area contributed by atoms with E-state index in [9.17, 15) is 0 Å². The zero-order valence-corrected chi connectivity index (χ0v) is 53.0. The van der Waals surface area contributed by atoms with Gasteiger partial charge in [0.25, 0.3) is 0 Å². The smallest absolute Gasteiger partial charge is 0.0380 e. The lowest BCUT2D eigenvalue weighted by molar-refractivity contribution is 0.320. The third-order valence-corrected chi connectivity index (χ3v) is 10.9. The molecule has 0 rings (SSSR count). The fourth-order valence-corrected chi connectivity index (χ4v) is 5.00. The predicted octanol–water partition coefficient (Wildman–Crippen LogP) is 25.3. The minimum atomic E-state index is 0.522. The SMILES string of the molecule is CC(C)C(C)C.CC(C)CC(C)(C)C.CC(C)CC(C)C.CCC(C)(C)C.CCC(C)C.CCC(C)CC.CCC(CC)CC.CCCC(C)(C)C.CCCC(C)C.CCCCC. The molecular formula is C63H146. The summed E-state index contributed by atoms with van der Waals surface area (Å²) in [6.07, 6.45) is 21.4. The average Bonchev–Trinajstić information content (AvgIpc) is 3.12. The van der Waals surface area contributed by atoms with Crippen molar-refractivity contribution in [3.63, 3.8) is 0 Å². The van der Waals surface area contributed by atoms with Crippen molar-refractivity contribution in [2.45, 2.75) is 345 Å². The van der Waals surface area contributed by atoms with Crippen molar-refractivity contribution in [3.05, 3.63) is 0 Å². The van der Waals surface area contributed by atoms with Gasteiger partial charge in [0, 0.05) is 0 Å². The van der Waals surface area contributed by atoms with Gasteiger partial charge in [-0.1, -0.05) is 326 Å². The Bertz CT molecular complexity index is 654. The molecule has 0 fully saturated rings. The van der Waals surface area contributed by atoms with Crippen molar-refractivity contribution in [2.75, 3.05) is 0 Å². The Morgan fingerprint density at radius 1 is 0.317 bits per heavy atom. The van der Waals surface area contributed by atoms with Crippen molar-refractivity contribution in [1.82, 2.24) is 0 Å². The summed E-state index contributed by atoms with van der Waals surface area (Å²) in [6.45, 7) is 78.7. The standard InChI is InChI=1S/C8H18.3C7H16.4C6H14.2C5H12/c1-7(2)6-8(3,4)5;1-6(2)5-7(3)4;1-5-6-7(2,3)4;1-4-7(5-2)6-3;1-5-6(2,3)4;1-5(2)6(3)4;1-4-5-6(2)3;1-4-6(3)5-2;1-4-5(2)3;1-3-5-4-2/h7H,6H2,1-5H3;6-7H,5H2,1-4H3;5-6H2,1-4H3;7H,4-6H2,1-3H3;5H2,1-4H3;5-6H,1-4H3;2*6H,4-5H2,1-3H3;5H,4H2,1-3H3;3-5H2,1-2H3. The van der Waals surface area contributed by atoms with Crippen molar-refractivity contribution in [1.29, 1.82) is 0 Å². The lowest BCUT2D eigenvalue weighted by atomic mass is 9.86. The second kappa shape index (κ2) is 62.0. The molecular weight excluding hydrogens is 757 g/mol. The third-order valence-electron chi connectivity index (χ3n) is 10.9. The molecule has 0 spiro atoms. The van der Waals surface area contributed by atoms with E-state index < -0.39 is 0 Å². The van der Waals surface area contributed by atoms with E-state index >= 15 is 0 Å². The van der Waals surface area contributed by atoms with E-state index in [1.165, 1.54) is 103 Å². The monoisotopic (exact) mass is 903 g/mol. The molecule has 0 amide bonds. The molecule has 0 aliphatic carbocycles. The molecule has 0 aromatic rings. The fourth-order valence-electron chi connectivity index (χ4n) is 5.00. The van der Waals surface area contributed by atoms with Gasteiger partial charge >= 0.3 is 0 Å². The topological polar surface area (TPSA) is 0 Å². The summed E-state index contributed by atoms with van der Waals surface area (Å²) in [5, 5.41) is 0. The molecule has 0 atom stereocenters. The van der Waals surface area contributed by atoms with Gasteiger partial charge in [-0.2, -0.15) is 0 Å². The molecule has 0 heterocycles. The third kappa shape index (κ3) is 163. The first-order chi connectivity index (χ1) is 28.4. The van der Waals surface area contributed by atoms with Crippen LogP contribution in [0.5, 0.6) is 0 Å². The van der Waals surface area contributed by atoms with Crippen molar-refractivity contribution in [3.8, 4) is 0 Å². The van der Waals surface area contributed by atoms with Gasteiger partial charge in [-0.05, 0) is 88.8 Å². The number of rotatable bonds is 15. The van der Waals surface area contributed by atoms with E-state index in [0.29, 0.717) is 16.2 Å². The van der Waals surface area contributed by atoms with Crippen LogP contribution in [-0.4, -0.2) is 0 Å². The maximum atomic E-state index is 2.28. The Balaban J connectivity index is -0.0000000621.